The Morgan fingerprint density at radius 1 is 1.50 bits per heavy atom. The number of alkyl halides is 1. The topological polar surface area (TPSA) is 29.1 Å². The zero-order valence-corrected chi connectivity index (χ0v) is 16.1. The van der Waals surface area contributed by atoms with Gasteiger partial charge in [-0.2, -0.15) is 0 Å². The van der Waals surface area contributed by atoms with Crippen LogP contribution in [0.25, 0.3) is 0 Å². The average molecular weight is 469 g/mol. The fourth-order valence-corrected chi connectivity index (χ4v) is 9.48. The standard InChI is InChI=1S/C9H15BrNO.ClH.Hg/c10-7-6-9(12)11-8-4-2-1-3-5-8;;/h4,8H,1-3,5-7H2,(H,11,12);1H;/q;;+1/p-1/t8-;;/m0../s1. The van der Waals surface area contributed by atoms with Gasteiger partial charge in [-0.25, -0.2) is 0 Å². The number of carbonyl (C=O) groups excluding carboxylic acids is 1. The zero-order chi connectivity index (χ0) is 10.4. The molecule has 1 rings (SSSR count). The van der Waals surface area contributed by atoms with E-state index in [0.717, 1.165) is 11.8 Å². The van der Waals surface area contributed by atoms with Crippen LogP contribution in [0.2, 0.25) is 3.43 Å². The molecule has 1 N–H and O–H groups in total. The van der Waals surface area contributed by atoms with E-state index in [9.17, 15) is 4.79 Å². The number of hydrogen-bond donors (Lipinski definition) is 1. The number of hydrogen-bond acceptors (Lipinski definition) is 1. The van der Waals surface area contributed by atoms with E-state index in [-0.39, 0.29) is 5.91 Å². The molecular weight excluding hydrogens is 454 g/mol. The van der Waals surface area contributed by atoms with Gasteiger partial charge in [0.2, 0.25) is 0 Å². The van der Waals surface area contributed by atoms with Gasteiger partial charge in [-0.3, -0.25) is 0 Å². The first-order valence-electron chi connectivity index (χ1n) is 5.19. The molecular formula is C9H15BrClHgNO. The molecule has 0 spiro atoms. The molecule has 1 amide bonds. The molecule has 1 aliphatic carbocycles. The Bertz CT molecular complexity index is 194. The zero-order valence-electron chi connectivity index (χ0n) is 8.27. The van der Waals surface area contributed by atoms with Crippen molar-refractivity contribution in [3.63, 3.8) is 0 Å². The molecule has 5 heteroatoms. The van der Waals surface area contributed by atoms with Crippen molar-refractivity contribution in [1.29, 1.82) is 0 Å². The normalized spacial score (nSPS) is 26.7. The minimum absolute atomic E-state index is 0.178. The van der Waals surface area contributed by atoms with Crippen LogP contribution in [0.1, 0.15) is 32.1 Å². The monoisotopic (exact) mass is 469 g/mol. The number of carbonyl (C=O) groups is 1. The van der Waals surface area contributed by atoms with Crippen LogP contribution in [0.3, 0.4) is 0 Å². The summed E-state index contributed by atoms with van der Waals surface area (Å²) in [4.78, 5) is 11.4. The van der Waals surface area contributed by atoms with Crippen LogP contribution in [0, 0.1) is 0 Å². The van der Waals surface area contributed by atoms with Crippen molar-refractivity contribution in [2.75, 3.05) is 5.33 Å². The van der Waals surface area contributed by atoms with Crippen LogP contribution in [0.5, 0.6) is 0 Å². The third-order valence-corrected chi connectivity index (χ3v) is 12.0. The molecule has 0 saturated heterocycles. The summed E-state index contributed by atoms with van der Waals surface area (Å²) in [6.45, 7) is 0. The molecule has 0 unspecified atom stereocenters. The van der Waals surface area contributed by atoms with E-state index in [1.165, 1.54) is 19.3 Å². The van der Waals surface area contributed by atoms with Gasteiger partial charge < -0.3 is 0 Å². The second-order valence-electron chi connectivity index (χ2n) is 3.81. The Balaban J connectivity index is 2.36. The molecule has 0 aliphatic heterocycles. The first-order valence-corrected chi connectivity index (χ1v) is 16.3. The van der Waals surface area contributed by atoms with E-state index in [2.05, 4.69) is 21.2 Å². The number of halogens is 2. The Hall–Kier alpha value is 1.18. The van der Waals surface area contributed by atoms with Crippen molar-refractivity contribution in [2.45, 2.75) is 41.6 Å². The Morgan fingerprint density at radius 2 is 2.21 bits per heavy atom. The second-order valence-corrected chi connectivity index (χ2v) is 12.6. The molecule has 0 radical (unpaired) electrons. The van der Waals surface area contributed by atoms with E-state index < -0.39 is 23.3 Å². The van der Waals surface area contributed by atoms with Crippen molar-refractivity contribution in [3.05, 3.63) is 0 Å². The summed E-state index contributed by atoms with van der Waals surface area (Å²) in [5, 5.41) is 3.87. The van der Waals surface area contributed by atoms with E-state index in [0.29, 0.717) is 15.9 Å². The first-order chi connectivity index (χ1) is 6.77. The predicted octanol–water partition coefficient (Wildman–Crippen LogP) is 2.86. The van der Waals surface area contributed by atoms with Gasteiger partial charge in [0.15, 0.2) is 0 Å². The fraction of sp³-hybridized carbons (Fsp3) is 0.889. The first kappa shape index (κ1) is 13.2. The number of nitrogens with one attached hydrogen (secondary N) is 1. The quantitative estimate of drug-likeness (QED) is 0.499. The molecule has 2 atom stereocenters. The van der Waals surface area contributed by atoms with Crippen molar-refractivity contribution >= 4 is 30.1 Å². The molecule has 1 saturated carbocycles. The van der Waals surface area contributed by atoms with Gasteiger partial charge in [-0.1, -0.05) is 0 Å². The summed E-state index contributed by atoms with van der Waals surface area (Å²) in [5.74, 6) is 0.178. The third kappa shape index (κ3) is 4.36. The molecule has 1 fully saturated rings. The van der Waals surface area contributed by atoms with Crippen LogP contribution in [0.15, 0.2) is 0 Å². The molecule has 0 bridgehead atoms. The van der Waals surface area contributed by atoms with Gasteiger partial charge in [0.25, 0.3) is 0 Å². The van der Waals surface area contributed by atoms with E-state index in [1.54, 1.807) is 0 Å². The molecule has 0 aromatic rings. The number of rotatable bonds is 4. The number of amides is 1. The van der Waals surface area contributed by atoms with Gasteiger partial charge in [-0.05, 0) is 0 Å². The molecule has 0 aromatic heterocycles. The summed E-state index contributed by atoms with van der Waals surface area (Å²) >= 11 is 2.09. The Morgan fingerprint density at radius 3 is 2.86 bits per heavy atom. The van der Waals surface area contributed by atoms with E-state index >= 15 is 0 Å². The molecule has 0 heterocycles. The Kier molecular flexibility index (Phi) is 7.04. The fourth-order valence-electron chi connectivity index (χ4n) is 1.95. The van der Waals surface area contributed by atoms with Gasteiger partial charge in [0.1, 0.15) is 0 Å². The van der Waals surface area contributed by atoms with Crippen molar-refractivity contribution in [3.8, 4) is 0 Å². The molecule has 78 valence electrons. The van der Waals surface area contributed by atoms with Gasteiger partial charge in [-0.15, -0.1) is 0 Å². The van der Waals surface area contributed by atoms with E-state index in [1.807, 2.05) is 0 Å². The summed E-state index contributed by atoms with van der Waals surface area (Å²) in [5.41, 5.74) is 0. The summed E-state index contributed by atoms with van der Waals surface area (Å²) in [6.07, 6.45) is 5.54. The van der Waals surface area contributed by atoms with Crippen LogP contribution in [-0.2, 0) is 28.1 Å². The maximum absolute atomic E-state index is 11.4. The summed E-state index contributed by atoms with van der Waals surface area (Å²) < 4.78 is 0.699. The Labute approximate surface area is 110 Å². The summed E-state index contributed by atoms with van der Waals surface area (Å²) in [7, 11) is 6.10. The molecule has 2 nitrogen and oxygen atoms in total. The van der Waals surface area contributed by atoms with Crippen molar-refractivity contribution in [1.82, 2.24) is 5.32 Å². The van der Waals surface area contributed by atoms with Gasteiger partial charge >= 0.3 is 110 Å². The van der Waals surface area contributed by atoms with Crippen LogP contribution < -0.4 is 5.32 Å². The van der Waals surface area contributed by atoms with Crippen molar-refractivity contribution < 1.29 is 28.1 Å². The molecule has 0 aromatic carbocycles. The van der Waals surface area contributed by atoms with Crippen LogP contribution in [0.4, 0.5) is 0 Å². The maximum atomic E-state index is 11.4. The third-order valence-electron chi connectivity index (χ3n) is 2.78. The van der Waals surface area contributed by atoms with Gasteiger partial charge in [0, 0.05) is 0 Å². The SMILES string of the molecule is O=C(CCBr)N[C@@H]1CCCC[C@H]1[Hg][Cl]. The summed E-state index contributed by atoms with van der Waals surface area (Å²) in [6, 6.07) is 0.412. The molecule has 1 aliphatic rings. The van der Waals surface area contributed by atoms with Crippen LogP contribution in [-0.4, -0.2) is 17.3 Å². The molecule has 14 heavy (non-hydrogen) atoms. The van der Waals surface area contributed by atoms with Crippen LogP contribution >= 0.6 is 24.2 Å². The average Bonchev–Trinajstić information content (AvgIpc) is 2.19. The van der Waals surface area contributed by atoms with E-state index in [4.69, 9.17) is 8.25 Å². The second kappa shape index (κ2) is 7.45. The van der Waals surface area contributed by atoms with Crippen molar-refractivity contribution in [2.24, 2.45) is 0 Å². The minimum atomic E-state index is -1.18. The van der Waals surface area contributed by atoms with Gasteiger partial charge in [0.05, 0.1) is 0 Å². The predicted molar refractivity (Wildman–Crippen MR) is 58.4 cm³/mol.